The van der Waals surface area contributed by atoms with Crippen molar-refractivity contribution in [3.05, 3.63) is 28.3 Å². The van der Waals surface area contributed by atoms with Crippen LogP contribution in [0.2, 0.25) is 0 Å². The van der Waals surface area contributed by atoms with Gasteiger partial charge in [-0.2, -0.15) is 13.2 Å². The highest BCUT2D eigenvalue weighted by molar-refractivity contribution is 8.00. The van der Waals surface area contributed by atoms with Crippen LogP contribution in [0.15, 0.2) is 11.0 Å². The van der Waals surface area contributed by atoms with Crippen molar-refractivity contribution in [1.82, 2.24) is 0 Å². The first kappa shape index (κ1) is 12.4. The smallest absolute Gasteiger partial charge is 0.160 e. The molecule has 0 aliphatic heterocycles. The van der Waals surface area contributed by atoms with Crippen LogP contribution in [0.1, 0.15) is 22.3 Å². The van der Waals surface area contributed by atoms with E-state index in [1.807, 2.05) is 20.8 Å². The van der Waals surface area contributed by atoms with Crippen molar-refractivity contribution in [3.8, 4) is 0 Å². The topological polar surface area (TPSA) is 0 Å². The second-order valence-electron chi connectivity index (χ2n) is 3.61. The molecule has 0 N–H and O–H groups in total. The summed E-state index contributed by atoms with van der Waals surface area (Å²) in [7, 11) is 0. The van der Waals surface area contributed by atoms with Gasteiger partial charge in [-0.3, -0.25) is 0 Å². The highest BCUT2D eigenvalue weighted by Gasteiger charge is 2.30. The van der Waals surface area contributed by atoms with Gasteiger partial charge in [0.05, 0.1) is 0 Å². The molecule has 84 valence electrons. The van der Waals surface area contributed by atoms with Crippen LogP contribution in [0.3, 0.4) is 0 Å². The van der Waals surface area contributed by atoms with Gasteiger partial charge >= 0.3 is 5.51 Å². The molecular formula is C11H13F3S. The standard InChI is InChI=1S/C11H13F3S/c1-6-5-10(15-11(12,13)14)9(4)8(3)7(6)2/h5H,1-4H3. The first-order valence-corrected chi connectivity index (χ1v) is 5.37. The van der Waals surface area contributed by atoms with Crippen LogP contribution < -0.4 is 0 Å². The third kappa shape index (κ3) is 2.91. The molecule has 0 bridgehead atoms. The third-order valence-corrected chi connectivity index (χ3v) is 3.53. The molecule has 0 unspecified atom stereocenters. The molecule has 4 heteroatoms. The first-order valence-electron chi connectivity index (χ1n) is 4.55. The predicted molar refractivity (Wildman–Crippen MR) is 57.3 cm³/mol. The fourth-order valence-electron chi connectivity index (χ4n) is 1.41. The summed E-state index contributed by atoms with van der Waals surface area (Å²) in [5, 5.41) is 0. The van der Waals surface area contributed by atoms with E-state index >= 15 is 0 Å². The molecule has 0 saturated carbocycles. The molecule has 0 radical (unpaired) electrons. The molecule has 0 aliphatic carbocycles. The van der Waals surface area contributed by atoms with Gasteiger partial charge in [-0.25, -0.2) is 0 Å². The summed E-state index contributed by atoms with van der Waals surface area (Å²) in [6.45, 7) is 7.36. The summed E-state index contributed by atoms with van der Waals surface area (Å²) in [6, 6.07) is 1.61. The number of alkyl halides is 3. The summed E-state index contributed by atoms with van der Waals surface area (Å²) < 4.78 is 36.7. The largest absolute Gasteiger partial charge is 0.446 e. The Morgan fingerprint density at radius 3 is 1.93 bits per heavy atom. The van der Waals surface area contributed by atoms with E-state index in [4.69, 9.17) is 0 Å². The van der Waals surface area contributed by atoms with E-state index in [9.17, 15) is 13.2 Å². The van der Waals surface area contributed by atoms with E-state index in [0.717, 1.165) is 22.3 Å². The summed E-state index contributed by atoms with van der Waals surface area (Å²) in [4.78, 5) is 0.308. The fraction of sp³-hybridized carbons (Fsp3) is 0.455. The number of hydrogen-bond donors (Lipinski definition) is 0. The highest BCUT2D eigenvalue weighted by Crippen LogP contribution is 2.40. The second-order valence-corrected chi connectivity index (χ2v) is 4.72. The molecule has 0 fully saturated rings. The molecule has 1 aromatic carbocycles. The van der Waals surface area contributed by atoms with Crippen LogP contribution in [0, 0.1) is 27.7 Å². The summed E-state index contributed by atoms with van der Waals surface area (Å²) in [5.41, 5.74) is -0.565. The van der Waals surface area contributed by atoms with E-state index in [0.29, 0.717) is 4.90 Å². The predicted octanol–water partition coefficient (Wildman–Crippen LogP) is 4.53. The Balaban J connectivity index is 3.21. The molecule has 0 heterocycles. The molecule has 0 aliphatic rings. The SMILES string of the molecule is Cc1cc(SC(F)(F)F)c(C)c(C)c1C. The lowest BCUT2D eigenvalue weighted by atomic mass is 10.00. The summed E-state index contributed by atoms with van der Waals surface area (Å²) in [6.07, 6.45) is 0. The minimum absolute atomic E-state index is 0.0356. The monoisotopic (exact) mass is 234 g/mol. The van der Waals surface area contributed by atoms with Crippen molar-refractivity contribution in [2.45, 2.75) is 38.1 Å². The minimum Gasteiger partial charge on any atom is -0.160 e. The van der Waals surface area contributed by atoms with Crippen LogP contribution in [-0.4, -0.2) is 5.51 Å². The quantitative estimate of drug-likeness (QED) is 0.643. The third-order valence-electron chi connectivity index (χ3n) is 2.66. The van der Waals surface area contributed by atoms with Crippen LogP contribution in [-0.2, 0) is 0 Å². The van der Waals surface area contributed by atoms with Crippen molar-refractivity contribution < 1.29 is 13.2 Å². The van der Waals surface area contributed by atoms with E-state index in [1.54, 1.807) is 13.0 Å². The Hall–Kier alpha value is -0.640. The minimum atomic E-state index is -4.21. The Labute approximate surface area is 91.9 Å². The molecule has 15 heavy (non-hydrogen) atoms. The van der Waals surface area contributed by atoms with Gasteiger partial charge in [0.15, 0.2) is 0 Å². The number of thioether (sulfide) groups is 1. The van der Waals surface area contributed by atoms with Gasteiger partial charge in [-0.15, -0.1) is 0 Å². The van der Waals surface area contributed by atoms with Gasteiger partial charge in [0.1, 0.15) is 0 Å². The zero-order valence-electron chi connectivity index (χ0n) is 9.12. The lowest BCUT2D eigenvalue weighted by Crippen LogP contribution is -2.02. The van der Waals surface area contributed by atoms with Crippen molar-refractivity contribution in [2.24, 2.45) is 0 Å². The van der Waals surface area contributed by atoms with Crippen molar-refractivity contribution >= 4 is 11.8 Å². The molecule has 1 rings (SSSR count). The maximum Gasteiger partial charge on any atom is 0.446 e. The number of hydrogen-bond acceptors (Lipinski definition) is 1. The average molecular weight is 234 g/mol. The fourth-order valence-corrected chi connectivity index (χ4v) is 2.20. The van der Waals surface area contributed by atoms with Gasteiger partial charge in [0, 0.05) is 4.90 Å². The Kier molecular flexibility index (Phi) is 3.38. The second kappa shape index (κ2) is 4.08. The van der Waals surface area contributed by atoms with Crippen molar-refractivity contribution in [2.75, 3.05) is 0 Å². The number of rotatable bonds is 1. The van der Waals surface area contributed by atoms with Crippen LogP contribution >= 0.6 is 11.8 Å². The Bertz CT molecular complexity index is 380. The van der Waals surface area contributed by atoms with Crippen LogP contribution in [0.25, 0.3) is 0 Å². The van der Waals surface area contributed by atoms with E-state index in [-0.39, 0.29) is 11.8 Å². The maximum atomic E-state index is 12.2. The molecule has 0 atom stereocenters. The summed E-state index contributed by atoms with van der Waals surface area (Å²) in [5.74, 6) is 0. The number of benzene rings is 1. The Morgan fingerprint density at radius 1 is 0.933 bits per heavy atom. The van der Waals surface area contributed by atoms with E-state index < -0.39 is 5.51 Å². The molecule has 0 saturated heterocycles. The maximum absolute atomic E-state index is 12.2. The molecule has 0 amide bonds. The van der Waals surface area contributed by atoms with Gasteiger partial charge < -0.3 is 0 Å². The zero-order valence-corrected chi connectivity index (χ0v) is 9.94. The lowest BCUT2D eigenvalue weighted by Gasteiger charge is -2.14. The highest BCUT2D eigenvalue weighted by atomic mass is 32.2. The zero-order chi connectivity index (χ0) is 11.8. The van der Waals surface area contributed by atoms with Crippen LogP contribution in [0.5, 0.6) is 0 Å². The lowest BCUT2D eigenvalue weighted by molar-refractivity contribution is -0.0328. The number of aryl methyl sites for hydroxylation is 1. The molecule has 0 nitrogen and oxygen atoms in total. The van der Waals surface area contributed by atoms with Gasteiger partial charge in [-0.05, 0) is 67.8 Å². The first-order chi connectivity index (χ1) is 6.72. The molecule has 1 aromatic rings. The number of halogens is 3. The van der Waals surface area contributed by atoms with Gasteiger partial charge in [0.25, 0.3) is 0 Å². The van der Waals surface area contributed by atoms with Crippen molar-refractivity contribution in [1.29, 1.82) is 0 Å². The van der Waals surface area contributed by atoms with Gasteiger partial charge in [-0.1, -0.05) is 0 Å². The molecular weight excluding hydrogens is 221 g/mol. The summed E-state index contributed by atoms with van der Waals surface area (Å²) >= 11 is -0.0356. The molecule has 0 aromatic heterocycles. The van der Waals surface area contributed by atoms with Crippen LogP contribution in [0.4, 0.5) is 13.2 Å². The van der Waals surface area contributed by atoms with Gasteiger partial charge in [0.2, 0.25) is 0 Å². The van der Waals surface area contributed by atoms with E-state index in [1.165, 1.54) is 0 Å². The normalized spacial score (nSPS) is 11.9. The Morgan fingerprint density at radius 2 is 1.47 bits per heavy atom. The average Bonchev–Trinajstić information content (AvgIpc) is 2.08. The molecule has 0 spiro atoms. The van der Waals surface area contributed by atoms with Crippen molar-refractivity contribution in [3.63, 3.8) is 0 Å². The van der Waals surface area contributed by atoms with E-state index in [2.05, 4.69) is 0 Å².